The van der Waals surface area contributed by atoms with Crippen LogP contribution in [0.4, 0.5) is 5.82 Å². The van der Waals surface area contributed by atoms with Crippen LogP contribution in [0.15, 0.2) is 67.1 Å². The molecule has 1 aliphatic heterocycles. The maximum atomic E-state index is 6.84. The Labute approximate surface area is 219 Å². The van der Waals surface area contributed by atoms with Gasteiger partial charge in [-0.3, -0.25) is 0 Å². The average Bonchev–Trinajstić information content (AvgIpc) is 3.23. The molecule has 0 atom stereocenters. The zero-order valence-corrected chi connectivity index (χ0v) is 21.1. The first-order valence-corrected chi connectivity index (χ1v) is 13.2. The van der Waals surface area contributed by atoms with Gasteiger partial charge in [-0.2, -0.15) is 0 Å². The molecular formula is C29H27ClN6O. The summed E-state index contributed by atoms with van der Waals surface area (Å²) < 4.78 is 8.24. The molecule has 1 saturated heterocycles. The summed E-state index contributed by atoms with van der Waals surface area (Å²) in [6.07, 6.45) is 7.33. The highest BCUT2D eigenvalue weighted by molar-refractivity contribution is 6.34. The molecule has 0 amide bonds. The summed E-state index contributed by atoms with van der Waals surface area (Å²) in [6.45, 7) is 3.69. The number of pyridine rings is 1. The summed E-state index contributed by atoms with van der Waals surface area (Å²) in [7, 11) is 0. The van der Waals surface area contributed by atoms with Crippen molar-refractivity contribution in [3.63, 3.8) is 0 Å². The standard InChI is InChI=1S/C29H27ClN6O/c30-24-13-19-7-8-26(37-21-5-2-1-3-6-21)34-25(19)14-22(24)23-16-36(29-27(23)28(31)32-17-33-29)20-11-18(12-20)15-35-9-4-10-35/h1-3,5-8,13-14,16-18,20H,4,9-12,15H2,(H2,31,32,33). The number of nitrogens with two attached hydrogens (primary N) is 1. The van der Waals surface area contributed by atoms with Crippen LogP contribution in [0, 0.1) is 5.92 Å². The van der Waals surface area contributed by atoms with Crippen molar-refractivity contribution in [2.24, 2.45) is 5.92 Å². The van der Waals surface area contributed by atoms with Gasteiger partial charge in [-0.15, -0.1) is 0 Å². The zero-order chi connectivity index (χ0) is 24.9. The molecule has 0 spiro atoms. The van der Waals surface area contributed by atoms with Crippen LogP contribution in [0.2, 0.25) is 5.02 Å². The van der Waals surface area contributed by atoms with Gasteiger partial charge in [0.1, 0.15) is 23.5 Å². The molecule has 2 fully saturated rings. The average molecular weight is 511 g/mol. The number of fused-ring (bicyclic) bond motifs is 2. The molecule has 0 unspecified atom stereocenters. The molecular weight excluding hydrogens is 484 g/mol. The van der Waals surface area contributed by atoms with Gasteiger partial charge in [0.25, 0.3) is 0 Å². The van der Waals surface area contributed by atoms with Crippen LogP contribution in [0.3, 0.4) is 0 Å². The Hall–Kier alpha value is -3.68. The lowest BCUT2D eigenvalue weighted by Gasteiger charge is -2.42. The first-order chi connectivity index (χ1) is 18.1. The van der Waals surface area contributed by atoms with E-state index in [2.05, 4.69) is 25.6 Å². The van der Waals surface area contributed by atoms with Crippen LogP contribution in [-0.2, 0) is 0 Å². The summed E-state index contributed by atoms with van der Waals surface area (Å²) in [6, 6.07) is 17.8. The molecule has 1 aliphatic carbocycles. The molecule has 2 aliphatic rings. The molecule has 8 heteroatoms. The van der Waals surface area contributed by atoms with Crippen LogP contribution >= 0.6 is 11.6 Å². The lowest BCUT2D eigenvalue weighted by atomic mass is 9.79. The van der Waals surface area contributed by atoms with E-state index in [-0.39, 0.29) is 0 Å². The van der Waals surface area contributed by atoms with Crippen molar-refractivity contribution in [1.29, 1.82) is 0 Å². The van der Waals surface area contributed by atoms with E-state index in [0.717, 1.165) is 57.6 Å². The van der Waals surface area contributed by atoms with Gasteiger partial charge in [0, 0.05) is 46.4 Å². The first kappa shape index (κ1) is 22.5. The van der Waals surface area contributed by atoms with Crippen molar-refractivity contribution < 1.29 is 4.74 Å². The predicted octanol–water partition coefficient (Wildman–Crippen LogP) is 6.33. The molecule has 186 valence electrons. The highest BCUT2D eigenvalue weighted by atomic mass is 35.5. The Morgan fingerprint density at radius 2 is 1.84 bits per heavy atom. The molecule has 4 heterocycles. The molecule has 0 radical (unpaired) electrons. The minimum atomic E-state index is 0.403. The second-order valence-electron chi connectivity index (χ2n) is 10.1. The van der Waals surface area contributed by atoms with E-state index in [1.54, 1.807) is 6.33 Å². The van der Waals surface area contributed by atoms with E-state index in [1.807, 2.05) is 54.6 Å². The lowest BCUT2D eigenvalue weighted by Crippen LogP contribution is -2.43. The largest absolute Gasteiger partial charge is 0.439 e. The summed E-state index contributed by atoms with van der Waals surface area (Å²) in [5.41, 5.74) is 9.86. The molecule has 3 aromatic heterocycles. The predicted molar refractivity (Wildman–Crippen MR) is 147 cm³/mol. The number of anilines is 1. The molecule has 7 rings (SSSR count). The zero-order valence-electron chi connectivity index (χ0n) is 20.3. The number of hydrogen-bond donors (Lipinski definition) is 1. The van der Waals surface area contributed by atoms with Gasteiger partial charge in [0.15, 0.2) is 0 Å². The third-order valence-corrected chi connectivity index (χ3v) is 8.03. The van der Waals surface area contributed by atoms with Crippen molar-refractivity contribution >= 4 is 39.4 Å². The fourth-order valence-corrected chi connectivity index (χ4v) is 5.87. The van der Waals surface area contributed by atoms with Crippen molar-refractivity contribution in [1.82, 2.24) is 24.4 Å². The normalized spacial score (nSPS) is 19.6. The van der Waals surface area contributed by atoms with Crippen molar-refractivity contribution in [2.45, 2.75) is 25.3 Å². The van der Waals surface area contributed by atoms with E-state index >= 15 is 0 Å². The Morgan fingerprint density at radius 1 is 1.00 bits per heavy atom. The fourth-order valence-electron chi connectivity index (χ4n) is 5.59. The molecule has 2 N–H and O–H groups in total. The van der Waals surface area contributed by atoms with Gasteiger partial charge >= 0.3 is 0 Å². The van der Waals surface area contributed by atoms with E-state index in [1.165, 1.54) is 26.1 Å². The third-order valence-electron chi connectivity index (χ3n) is 7.72. The van der Waals surface area contributed by atoms with Crippen LogP contribution < -0.4 is 10.5 Å². The van der Waals surface area contributed by atoms with Gasteiger partial charge in [-0.1, -0.05) is 29.8 Å². The molecule has 2 aromatic carbocycles. The molecule has 7 nitrogen and oxygen atoms in total. The monoisotopic (exact) mass is 510 g/mol. The summed E-state index contributed by atoms with van der Waals surface area (Å²) in [4.78, 5) is 16.3. The van der Waals surface area contributed by atoms with Gasteiger partial charge in [-0.05, 0) is 68.6 Å². The van der Waals surface area contributed by atoms with E-state index in [0.29, 0.717) is 22.8 Å². The Kier molecular flexibility index (Phi) is 5.48. The van der Waals surface area contributed by atoms with Crippen molar-refractivity contribution in [3.8, 4) is 22.8 Å². The highest BCUT2D eigenvalue weighted by Crippen LogP contribution is 2.45. The fraction of sp³-hybridized carbons (Fsp3) is 0.276. The Balaban J connectivity index is 1.26. The van der Waals surface area contributed by atoms with Crippen LogP contribution in [0.5, 0.6) is 11.6 Å². The summed E-state index contributed by atoms with van der Waals surface area (Å²) in [5.74, 6) is 2.46. The number of aromatic nitrogens is 4. The third kappa shape index (κ3) is 4.08. The number of hydrogen-bond acceptors (Lipinski definition) is 6. The molecule has 37 heavy (non-hydrogen) atoms. The minimum Gasteiger partial charge on any atom is -0.439 e. The van der Waals surface area contributed by atoms with Crippen LogP contribution in [-0.4, -0.2) is 44.1 Å². The van der Waals surface area contributed by atoms with E-state index in [4.69, 9.17) is 27.1 Å². The summed E-state index contributed by atoms with van der Waals surface area (Å²) >= 11 is 6.84. The number of benzene rings is 2. The van der Waals surface area contributed by atoms with Gasteiger partial charge in [-0.25, -0.2) is 15.0 Å². The number of likely N-dealkylation sites (tertiary alicyclic amines) is 1. The number of ether oxygens (including phenoxy) is 1. The molecule has 5 aromatic rings. The SMILES string of the molecule is Nc1ncnc2c1c(-c1cc3nc(Oc4ccccc4)ccc3cc1Cl)cn2C1CC(CN2CCC2)C1. The Morgan fingerprint density at radius 3 is 2.62 bits per heavy atom. The van der Waals surface area contributed by atoms with Gasteiger partial charge < -0.3 is 19.9 Å². The second-order valence-corrected chi connectivity index (χ2v) is 10.5. The van der Waals surface area contributed by atoms with Crippen LogP contribution in [0.25, 0.3) is 33.1 Å². The van der Waals surface area contributed by atoms with Gasteiger partial charge in [0.2, 0.25) is 5.88 Å². The van der Waals surface area contributed by atoms with Crippen molar-refractivity contribution in [3.05, 3.63) is 72.1 Å². The summed E-state index contributed by atoms with van der Waals surface area (Å²) in [5, 5.41) is 2.42. The number of rotatable bonds is 6. The number of nitrogen functional groups attached to an aromatic ring is 1. The topological polar surface area (TPSA) is 82.1 Å². The molecule has 0 bridgehead atoms. The number of nitrogens with zero attached hydrogens (tertiary/aromatic N) is 5. The second kappa shape index (κ2) is 9.01. The molecule has 1 saturated carbocycles. The Bertz CT molecular complexity index is 1610. The van der Waals surface area contributed by atoms with E-state index in [9.17, 15) is 0 Å². The lowest BCUT2D eigenvalue weighted by molar-refractivity contribution is 0.0921. The van der Waals surface area contributed by atoms with Gasteiger partial charge in [0.05, 0.1) is 10.9 Å². The highest BCUT2D eigenvalue weighted by Gasteiger charge is 2.34. The first-order valence-electron chi connectivity index (χ1n) is 12.8. The van der Waals surface area contributed by atoms with Crippen LogP contribution in [0.1, 0.15) is 25.3 Å². The minimum absolute atomic E-state index is 0.403. The number of para-hydroxylation sites is 1. The maximum absolute atomic E-state index is 6.84. The maximum Gasteiger partial charge on any atom is 0.219 e. The number of halogens is 1. The van der Waals surface area contributed by atoms with Crippen molar-refractivity contribution in [2.75, 3.05) is 25.4 Å². The smallest absolute Gasteiger partial charge is 0.219 e. The quantitative estimate of drug-likeness (QED) is 0.287. The van der Waals surface area contributed by atoms with E-state index < -0.39 is 0 Å².